The van der Waals surface area contributed by atoms with E-state index in [0.717, 1.165) is 32.1 Å². The molecule has 128 valence electrons. The molecule has 1 saturated carbocycles. The van der Waals surface area contributed by atoms with Crippen LogP contribution in [-0.4, -0.2) is 12.1 Å². The van der Waals surface area contributed by atoms with Crippen molar-refractivity contribution < 1.29 is 9.53 Å². The second-order valence-electron chi connectivity index (χ2n) is 6.58. The zero-order valence-corrected chi connectivity index (χ0v) is 14.5. The zero-order valence-electron chi connectivity index (χ0n) is 14.5. The van der Waals surface area contributed by atoms with Gasteiger partial charge >= 0.3 is 5.97 Å². The molecule has 0 bridgehead atoms. The van der Waals surface area contributed by atoms with Gasteiger partial charge in [0.15, 0.2) is 0 Å². The molecule has 3 heteroatoms. The summed E-state index contributed by atoms with van der Waals surface area (Å²) in [7, 11) is 0. The number of rotatable bonds is 7. The SMILES string of the molecule is CCCCCc1ccc(C(=O)O[C@H]2CC[C@H](C=CC#N)CC2)cc1. The van der Waals surface area contributed by atoms with Crippen molar-refractivity contribution in [3.8, 4) is 6.07 Å². The minimum absolute atomic E-state index is 0.00784. The van der Waals surface area contributed by atoms with Crippen LogP contribution in [0.4, 0.5) is 0 Å². The van der Waals surface area contributed by atoms with Crippen molar-refractivity contribution in [3.63, 3.8) is 0 Å². The molecular weight excluding hydrogens is 298 g/mol. The van der Waals surface area contributed by atoms with E-state index in [1.54, 1.807) is 6.08 Å². The molecule has 1 aliphatic rings. The number of nitrogens with zero attached hydrogens (tertiary/aromatic N) is 1. The lowest BCUT2D eigenvalue weighted by atomic mass is 9.87. The van der Waals surface area contributed by atoms with E-state index in [4.69, 9.17) is 10.00 Å². The summed E-state index contributed by atoms with van der Waals surface area (Å²) in [5, 5.41) is 8.57. The average molecular weight is 325 g/mol. The Kier molecular flexibility index (Phi) is 7.55. The maximum absolute atomic E-state index is 12.3. The molecule has 1 aromatic rings. The lowest BCUT2D eigenvalue weighted by molar-refractivity contribution is 0.0185. The molecule has 0 aromatic heterocycles. The van der Waals surface area contributed by atoms with Crippen molar-refractivity contribution in [3.05, 3.63) is 47.5 Å². The van der Waals surface area contributed by atoms with E-state index in [-0.39, 0.29) is 12.1 Å². The molecule has 0 spiro atoms. The van der Waals surface area contributed by atoms with Crippen molar-refractivity contribution in [2.45, 2.75) is 64.4 Å². The van der Waals surface area contributed by atoms with Gasteiger partial charge in [-0.25, -0.2) is 4.79 Å². The van der Waals surface area contributed by atoms with E-state index < -0.39 is 0 Å². The van der Waals surface area contributed by atoms with Gasteiger partial charge in [0.2, 0.25) is 0 Å². The maximum atomic E-state index is 12.3. The Labute approximate surface area is 145 Å². The Morgan fingerprint density at radius 2 is 1.92 bits per heavy atom. The standard InChI is InChI=1S/C21H27NO2/c1-2-3-4-6-17-8-12-19(13-9-17)21(23)24-20-14-10-18(11-15-20)7-5-16-22/h5,7-9,12-13,18,20H,2-4,6,10-11,14-15H2,1H3/t18-,20-. The fraction of sp³-hybridized carbons (Fsp3) is 0.524. The summed E-state index contributed by atoms with van der Waals surface area (Å²) in [5.74, 6) is 0.230. The molecule has 0 atom stereocenters. The van der Waals surface area contributed by atoms with Gasteiger partial charge in [0.05, 0.1) is 11.6 Å². The van der Waals surface area contributed by atoms with Crippen LogP contribution in [0.15, 0.2) is 36.4 Å². The van der Waals surface area contributed by atoms with E-state index in [2.05, 4.69) is 6.92 Å². The van der Waals surface area contributed by atoms with Crippen LogP contribution < -0.4 is 0 Å². The lowest BCUT2D eigenvalue weighted by Crippen LogP contribution is -2.24. The number of nitriles is 1. The highest BCUT2D eigenvalue weighted by Gasteiger charge is 2.23. The highest BCUT2D eigenvalue weighted by Crippen LogP contribution is 2.27. The second-order valence-corrected chi connectivity index (χ2v) is 6.58. The van der Waals surface area contributed by atoms with Gasteiger partial charge in [0.1, 0.15) is 6.10 Å². The molecule has 3 nitrogen and oxygen atoms in total. The third-order valence-corrected chi connectivity index (χ3v) is 4.69. The van der Waals surface area contributed by atoms with E-state index in [0.29, 0.717) is 11.5 Å². The predicted octanol–water partition coefficient (Wildman–Crippen LogP) is 5.21. The number of ether oxygens (including phenoxy) is 1. The number of carbonyl (C=O) groups excluding carboxylic acids is 1. The summed E-state index contributed by atoms with van der Waals surface area (Å²) < 4.78 is 5.64. The minimum Gasteiger partial charge on any atom is -0.459 e. The fourth-order valence-electron chi connectivity index (χ4n) is 3.18. The highest BCUT2D eigenvalue weighted by molar-refractivity contribution is 5.89. The smallest absolute Gasteiger partial charge is 0.338 e. The van der Waals surface area contributed by atoms with Crippen molar-refractivity contribution >= 4 is 5.97 Å². The summed E-state index contributed by atoms with van der Waals surface area (Å²) in [6, 6.07) is 9.87. The van der Waals surface area contributed by atoms with Gasteiger partial charge < -0.3 is 4.74 Å². The Bertz CT molecular complexity index is 575. The van der Waals surface area contributed by atoms with Crippen LogP contribution >= 0.6 is 0 Å². The Morgan fingerprint density at radius 1 is 1.21 bits per heavy atom. The van der Waals surface area contributed by atoms with E-state index in [9.17, 15) is 4.79 Å². The molecule has 0 N–H and O–H groups in total. The molecule has 1 fully saturated rings. The third kappa shape index (κ3) is 5.85. The molecular formula is C21H27NO2. The van der Waals surface area contributed by atoms with Gasteiger partial charge in [0.25, 0.3) is 0 Å². The first-order valence-electron chi connectivity index (χ1n) is 9.09. The van der Waals surface area contributed by atoms with E-state index >= 15 is 0 Å². The maximum Gasteiger partial charge on any atom is 0.338 e. The molecule has 0 unspecified atom stereocenters. The van der Waals surface area contributed by atoms with Gasteiger partial charge in [-0.3, -0.25) is 0 Å². The van der Waals surface area contributed by atoms with Crippen LogP contribution in [-0.2, 0) is 11.2 Å². The molecule has 1 aromatic carbocycles. The van der Waals surface area contributed by atoms with Crippen LogP contribution in [0.1, 0.15) is 67.8 Å². The Hall–Kier alpha value is -2.08. The van der Waals surface area contributed by atoms with Crippen molar-refractivity contribution in [2.24, 2.45) is 5.92 Å². The normalized spacial score (nSPS) is 20.7. The molecule has 1 aliphatic carbocycles. The number of esters is 1. The molecule has 0 saturated heterocycles. The fourth-order valence-corrected chi connectivity index (χ4v) is 3.18. The topological polar surface area (TPSA) is 50.1 Å². The first kappa shape index (κ1) is 18.3. The molecule has 0 amide bonds. The summed E-state index contributed by atoms with van der Waals surface area (Å²) in [6.07, 6.45) is 12.0. The Morgan fingerprint density at radius 3 is 2.54 bits per heavy atom. The third-order valence-electron chi connectivity index (χ3n) is 4.69. The molecule has 0 heterocycles. The van der Waals surface area contributed by atoms with Crippen LogP contribution in [0.2, 0.25) is 0 Å². The number of hydrogen-bond donors (Lipinski definition) is 0. The van der Waals surface area contributed by atoms with Gasteiger partial charge in [-0.15, -0.1) is 0 Å². The number of benzene rings is 1. The first-order chi connectivity index (χ1) is 11.7. The van der Waals surface area contributed by atoms with E-state index in [1.807, 2.05) is 36.4 Å². The molecule has 0 radical (unpaired) electrons. The zero-order chi connectivity index (χ0) is 17.2. The monoisotopic (exact) mass is 325 g/mol. The first-order valence-corrected chi connectivity index (χ1v) is 9.09. The van der Waals surface area contributed by atoms with Crippen LogP contribution in [0.3, 0.4) is 0 Å². The van der Waals surface area contributed by atoms with E-state index in [1.165, 1.54) is 24.8 Å². The molecule has 2 rings (SSSR count). The van der Waals surface area contributed by atoms with Crippen LogP contribution in [0.5, 0.6) is 0 Å². The number of hydrogen-bond acceptors (Lipinski definition) is 3. The lowest BCUT2D eigenvalue weighted by Gasteiger charge is -2.26. The minimum atomic E-state index is -0.217. The number of unbranched alkanes of at least 4 members (excludes halogenated alkanes) is 2. The Balaban J connectivity index is 1.78. The quantitative estimate of drug-likeness (QED) is 0.392. The van der Waals surface area contributed by atoms with Crippen molar-refractivity contribution in [1.82, 2.24) is 0 Å². The van der Waals surface area contributed by atoms with Crippen molar-refractivity contribution in [2.75, 3.05) is 0 Å². The average Bonchev–Trinajstić information content (AvgIpc) is 2.62. The van der Waals surface area contributed by atoms with Gasteiger partial charge in [-0.1, -0.05) is 38.0 Å². The summed E-state index contributed by atoms with van der Waals surface area (Å²) in [4.78, 5) is 12.3. The largest absolute Gasteiger partial charge is 0.459 e. The second kappa shape index (κ2) is 9.93. The molecule has 24 heavy (non-hydrogen) atoms. The molecule has 0 aliphatic heterocycles. The van der Waals surface area contributed by atoms with Gasteiger partial charge in [-0.05, 0) is 62.1 Å². The van der Waals surface area contributed by atoms with Crippen LogP contribution in [0.25, 0.3) is 0 Å². The van der Waals surface area contributed by atoms with Crippen LogP contribution in [0, 0.1) is 17.2 Å². The summed E-state index contributed by atoms with van der Waals surface area (Å²) in [6.45, 7) is 2.20. The summed E-state index contributed by atoms with van der Waals surface area (Å²) in [5.41, 5.74) is 1.92. The number of allylic oxidation sites excluding steroid dienone is 2. The van der Waals surface area contributed by atoms with Gasteiger partial charge in [0, 0.05) is 6.08 Å². The number of carbonyl (C=O) groups is 1. The van der Waals surface area contributed by atoms with Crippen molar-refractivity contribution in [1.29, 1.82) is 5.26 Å². The highest BCUT2D eigenvalue weighted by atomic mass is 16.5. The predicted molar refractivity (Wildman–Crippen MR) is 95.6 cm³/mol. The summed E-state index contributed by atoms with van der Waals surface area (Å²) >= 11 is 0. The number of aryl methyl sites for hydroxylation is 1. The van der Waals surface area contributed by atoms with Gasteiger partial charge in [-0.2, -0.15) is 5.26 Å².